The molecule has 10 aromatic rings. The molecule has 5 heteroatoms. The molecule has 0 aliphatic rings. The molecule has 348 valence electrons. The highest BCUT2D eigenvalue weighted by Gasteiger charge is 2.14. The number of rotatable bonds is 15. The molecule has 0 fully saturated rings. The molecular formula is C66H57BrN4. The molecule has 10 rings (SSSR count). The van der Waals surface area contributed by atoms with Crippen molar-refractivity contribution in [2.45, 2.75) is 0 Å². The van der Waals surface area contributed by atoms with Crippen LogP contribution in [0.5, 0.6) is 0 Å². The van der Waals surface area contributed by atoms with Gasteiger partial charge in [0.05, 0.1) is 0 Å². The highest BCUT2D eigenvalue weighted by molar-refractivity contribution is 9.09. The lowest BCUT2D eigenvalue weighted by molar-refractivity contribution is 1.10. The summed E-state index contributed by atoms with van der Waals surface area (Å²) in [6.07, 6.45) is 3.73. The number of nitrogens with zero attached hydrogens (tertiary/aromatic N) is 3. The van der Waals surface area contributed by atoms with Gasteiger partial charge in [-0.25, -0.2) is 0 Å². The first kappa shape index (κ1) is 48.8. The second kappa shape index (κ2) is 25.6. The van der Waals surface area contributed by atoms with Gasteiger partial charge >= 0.3 is 0 Å². The van der Waals surface area contributed by atoms with Crippen molar-refractivity contribution >= 4 is 72.8 Å². The average Bonchev–Trinajstić information content (AvgIpc) is 3.45. The number of halogens is 1. The lowest BCUT2D eigenvalue weighted by Crippen LogP contribution is -2.16. The van der Waals surface area contributed by atoms with Crippen LogP contribution >= 0.6 is 15.9 Å². The number of benzene rings is 10. The van der Waals surface area contributed by atoms with Crippen LogP contribution in [0.25, 0.3) is 22.3 Å². The molecule has 71 heavy (non-hydrogen) atoms. The highest BCUT2D eigenvalue weighted by Crippen LogP contribution is 2.37. The average molecular weight is 986 g/mol. The fraction of sp³-hybridized carbons (Fsp3) is 0.0303. The summed E-state index contributed by atoms with van der Waals surface area (Å²) in [5.41, 5.74) is 16.1. The minimum Gasteiger partial charge on any atom is -0.356 e. The van der Waals surface area contributed by atoms with Gasteiger partial charge in [-0.3, -0.25) is 0 Å². The van der Waals surface area contributed by atoms with Crippen molar-refractivity contribution in [3.8, 4) is 22.3 Å². The third-order valence-electron chi connectivity index (χ3n) is 11.6. The fourth-order valence-electron chi connectivity index (χ4n) is 8.17. The van der Waals surface area contributed by atoms with E-state index >= 15 is 0 Å². The Morgan fingerprint density at radius 2 is 0.535 bits per heavy atom. The quantitative estimate of drug-likeness (QED) is 0.0816. The summed E-state index contributed by atoms with van der Waals surface area (Å²) in [5, 5.41) is 4.33. The van der Waals surface area contributed by atoms with E-state index in [0.717, 1.165) is 68.7 Å². The molecule has 0 unspecified atom stereocenters. The summed E-state index contributed by atoms with van der Waals surface area (Å²) in [5.74, 6) is 0. The van der Waals surface area contributed by atoms with Gasteiger partial charge in [-0.1, -0.05) is 186 Å². The SMILES string of the molecule is C=CCBr.C=CCN(c1ccccc1)c1ccc(-c2ccc(N(c3ccccc3)c3ccccc3)cc2)cc1.c1ccc(Nc2ccc(-c3ccc(N(c4ccccc4)c4ccccc4)cc3)cc2)cc1. The molecule has 0 aliphatic carbocycles. The summed E-state index contributed by atoms with van der Waals surface area (Å²) in [4.78, 5) is 6.81. The zero-order valence-corrected chi connectivity index (χ0v) is 41.3. The fourth-order valence-corrected chi connectivity index (χ4v) is 8.17. The maximum atomic E-state index is 3.94. The molecule has 10 aromatic carbocycles. The lowest BCUT2D eigenvalue weighted by Gasteiger charge is -2.25. The lowest BCUT2D eigenvalue weighted by atomic mass is 10.0. The Morgan fingerprint density at radius 3 is 0.845 bits per heavy atom. The number of allylic oxidation sites excluding steroid dienone is 1. The van der Waals surface area contributed by atoms with E-state index in [1.54, 1.807) is 6.08 Å². The van der Waals surface area contributed by atoms with Crippen LogP contribution in [0.15, 0.2) is 304 Å². The molecule has 0 bridgehead atoms. The van der Waals surface area contributed by atoms with Crippen LogP contribution in [0.3, 0.4) is 0 Å². The molecule has 1 N–H and O–H groups in total. The van der Waals surface area contributed by atoms with E-state index in [9.17, 15) is 0 Å². The Kier molecular flexibility index (Phi) is 17.6. The molecule has 0 aliphatic heterocycles. The van der Waals surface area contributed by atoms with Gasteiger partial charge in [0.2, 0.25) is 0 Å². The van der Waals surface area contributed by atoms with Crippen molar-refractivity contribution < 1.29 is 0 Å². The number of hydrogen-bond donors (Lipinski definition) is 1. The monoisotopic (exact) mass is 984 g/mol. The largest absolute Gasteiger partial charge is 0.356 e. The van der Waals surface area contributed by atoms with Crippen LogP contribution < -0.4 is 20.0 Å². The summed E-state index contributed by atoms with van der Waals surface area (Å²) in [7, 11) is 0. The number of para-hydroxylation sites is 6. The molecular weight excluding hydrogens is 929 g/mol. The minimum absolute atomic E-state index is 0.757. The topological polar surface area (TPSA) is 21.8 Å². The zero-order valence-electron chi connectivity index (χ0n) is 39.8. The Hall–Kier alpha value is -8.64. The third kappa shape index (κ3) is 13.3. The van der Waals surface area contributed by atoms with E-state index in [1.807, 2.05) is 54.6 Å². The van der Waals surface area contributed by atoms with Gasteiger partial charge in [-0.2, -0.15) is 0 Å². The second-order valence-corrected chi connectivity index (χ2v) is 17.0. The van der Waals surface area contributed by atoms with Gasteiger partial charge in [-0.15, -0.1) is 13.2 Å². The molecule has 0 amide bonds. The molecule has 0 atom stereocenters. The van der Waals surface area contributed by atoms with Crippen LogP contribution in [0.4, 0.5) is 56.9 Å². The van der Waals surface area contributed by atoms with Crippen molar-refractivity contribution in [1.82, 2.24) is 0 Å². The first-order valence-corrected chi connectivity index (χ1v) is 24.9. The van der Waals surface area contributed by atoms with Crippen LogP contribution in [0.2, 0.25) is 0 Å². The molecule has 0 spiro atoms. The normalized spacial score (nSPS) is 10.3. The molecule has 0 aromatic heterocycles. The number of nitrogens with one attached hydrogen (secondary N) is 1. The van der Waals surface area contributed by atoms with E-state index in [2.05, 4.69) is 280 Å². The van der Waals surface area contributed by atoms with Gasteiger partial charge in [0.1, 0.15) is 0 Å². The molecule has 0 saturated heterocycles. The van der Waals surface area contributed by atoms with E-state index in [0.29, 0.717) is 0 Å². The standard InChI is InChI=1S/C33H28N2.C30H24N2.C3H5Br/c1-2-26-34(29-12-6-3-7-13-29)30-22-18-27(19-23-30)28-20-24-33(25-21-28)35(31-14-8-4-9-15-31)32-16-10-5-11-17-32;1-4-10-26(11-5-1)31-27-20-16-24(17-21-27)25-18-22-30(23-19-25)32(28-12-6-2-7-13-28)29-14-8-3-9-15-29;1-2-3-4/h2-25H,1,26H2;1-23,31H;2H,1,3H2. The van der Waals surface area contributed by atoms with Crippen molar-refractivity contribution in [3.05, 3.63) is 304 Å². The molecule has 0 saturated carbocycles. The maximum Gasteiger partial charge on any atom is 0.0462 e. The highest BCUT2D eigenvalue weighted by atomic mass is 79.9. The van der Waals surface area contributed by atoms with Crippen LogP contribution in [0, 0.1) is 0 Å². The van der Waals surface area contributed by atoms with Gasteiger partial charge < -0.3 is 20.0 Å². The van der Waals surface area contributed by atoms with Crippen LogP contribution in [0.1, 0.15) is 0 Å². The predicted molar refractivity (Wildman–Crippen MR) is 310 cm³/mol. The van der Waals surface area contributed by atoms with Crippen LogP contribution in [-0.4, -0.2) is 11.9 Å². The van der Waals surface area contributed by atoms with E-state index in [-0.39, 0.29) is 0 Å². The predicted octanol–water partition coefficient (Wildman–Crippen LogP) is 19.3. The Labute approximate surface area is 428 Å². The van der Waals surface area contributed by atoms with Gasteiger partial charge in [-0.05, 0) is 144 Å². The number of anilines is 10. The summed E-state index contributed by atoms with van der Waals surface area (Å²) in [6, 6.07) is 97.4. The van der Waals surface area contributed by atoms with Gasteiger partial charge in [0, 0.05) is 68.7 Å². The maximum absolute atomic E-state index is 3.94. The Bertz CT molecular complexity index is 3020. The smallest absolute Gasteiger partial charge is 0.0462 e. The van der Waals surface area contributed by atoms with Crippen molar-refractivity contribution in [1.29, 1.82) is 0 Å². The van der Waals surface area contributed by atoms with Crippen molar-refractivity contribution in [2.24, 2.45) is 0 Å². The van der Waals surface area contributed by atoms with E-state index < -0.39 is 0 Å². The number of hydrogen-bond acceptors (Lipinski definition) is 4. The number of alkyl halides is 1. The first-order valence-electron chi connectivity index (χ1n) is 23.8. The second-order valence-electron chi connectivity index (χ2n) is 16.4. The Morgan fingerprint density at radius 1 is 0.296 bits per heavy atom. The van der Waals surface area contributed by atoms with Gasteiger partial charge in [0.25, 0.3) is 0 Å². The molecule has 4 nitrogen and oxygen atoms in total. The van der Waals surface area contributed by atoms with E-state index in [4.69, 9.17) is 0 Å². The van der Waals surface area contributed by atoms with Crippen molar-refractivity contribution in [3.63, 3.8) is 0 Å². The molecule has 0 radical (unpaired) electrons. The molecule has 0 heterocycles. The van der Waals surface area contributed by atoms with Crippen molar-refractivity contribution in [2.75, 3.05) is 31.9 Å². The summed E-state index contributed by atoms with van der Waals surface area (Å²) < 4.78 is 0. The first-order chi connectivity index (χ1) is 35.1. The van der Waals surface area contributed by atoms with Crippen LogP contribution in [-0.2, 0) is 0 Å². The third-order valence-corrected chi connectivity index (χ3v) is 12.0. The minimum atomic E-state index is 0.757. The Balaban J connectivity index is 0.000000178. The van der Waals surface area contributed by atoms with Gasteiger partial charge in [0.15, 0.2) is 0 Å². The van der Waals surface area contributed by atoms with E-state index in [1.165, 1.54) is 22.3 Å². The summed E-state index contributed by atoms with van der Waals surface area (Å²) >= 11 is 3.13. The summed E-state index contributed by atoms with van der Waals surface area (Å²) in [6.45, 7) is 8.13. The zero-order chi connectivity index (χ0) is 48.9.